The molecule has 0 spiro atoms. The normalized spacial score (nSPS) is 11.7. The molecule has 4 nitrogen and oxygen atoms in total. The van der Waals surface area contributed by atoms with Crippen LogP contribution in [0.3, 0.4) is 0 Å². The minimum atomic E-state index is -0.800. The maximum atomic E-state index is 13.0. The topological polar surface area (TPSA) is 58.6 Å². The summed E-state index contributed by atoms with van der Waals surface area (Å²) in [5.41, 5.74) is 1.56. The van der Waals surface area contributed by atoms with Gasteiger partial charge in [-0.1, -0.05) is 42.5 Å². The number of benzene rings is 2. The quantitative estimate of drug-likeness (QED) is 0.862. The van der Waals surface area contributed by atoms with Crippen LogP contribution in [0.5, 0.6) is 0 Å². The maximum Gasteiger partial charge on any atom is 0.407 e. The van der Waals surface area contributed by atoms with Gasteiger partial charge in [-0.05, 0) is 23.3 Å². The number of aliphatic hydroxyl groups excluding tert-OH is 1. The van der Waals surface area contributed by atoms with Crippen molar-refractivity contribution in [2.45, 2.75) is 19.1 Å². The van der Waals surface area contributed by atoms with Crippen LogP contribution in [0.2, 0.25) is 0 Å². The maximum absolute atomic E-state index is 13.0. The monoisotopic (exact) mass is 303 g/mol. The van der Waals surface area contributed by atoms with E-state index < -0.39 is 12.2 Å². The molecule has 2 aromatic rings. The van der Waals surface area contributed by atoms with Gasteiger partial charge in [-0.3, -0.25) is 0 Å². The molecule has 0 aliphatic rings. The third kappa shape index (κ3) is 5.54. The molecule has 5 heteroatoms. The Morgan fingerprint density at radius 3 is 2.59 bits per heavy atom. The van der Waals surface area contributed by atoms with E-state index in [1.165, 1.54) is 12.1 Å². The number of halogens is 1. The average molecular weight is 303 g/mol. The molecule has 116 valence electrons. The van der Waals surface area contributed by atoms with Crippen molar-refractivity contribution in [3.63, 3.8) is 0 Å². The smallest absolute Gasteiger partial charge is 0.407 e. The first-order valence-corrected chi connectivity index (χ1v) is 7.00. The number of alkyl carbamates (subject to hydrolysis) is 1. The van der Waals surface area contributed by atoms with Gasteiger partial charge in [0, 0.05) is 13.0 Å². The standard InChI is InChI=1S/C17H18FNO3/c18-15-8-4-7-14(9-15)10-16(20)11-19-17(21)22-12-13-5-2-1-3-6-13/h1-9,16,20H,10-12H2,(H,19,21). The molecule has 2 N–H and O–H groups in total. The summed E-state index contributed by atoms with van der Waals surface area (Å²) < 4.78 is 18.0. The number of carbonyl (C=O) groups excluding carboxylic acids is 1. The van der Waals surface area contributed by atoms with Crippen LogP contribution < -0.4 is 5.32 Å². The summed E-state index contributed by atoms with van der Waals surface area (Å²) in [6.07, 6.45) is -1.13. The van der Waals surface area contributed by atoms with Gasteiger partial charge in [-0.15, -0.1) is 0 Å². The van der Waals surface area contributed by atoms with Crippen LogP contribution in [0.1, 0.15) is 11.1 Å². The molecule has 0 saturated heterocycles. The van der Waals surface area contributed by atoms with Crippen molar-refractivity contribution in [2.75, 3.05) is 6.54 Å². The second-order valence-corrected chi connectivity index (χ2v) is 4.93. The molecule has 0 aromatic heterocycles. The van der Waals surface area contributed by atoms with E-state index in [2.05, 4.69) is 5.32 Å². The molecule has 0 radical (unpaired) electrons. The predicted octanol–water partition coefficient (Wildman–Crippen LogP) is 2.66. The van der Waals surface area contributed by atoms with Crippen molar-refractivity contribution in [1.29, 1.82) is 0 Å². The van der Waals surface area contributed by atoms with Crippen LogP contribution in [0.25, 0.3) is 0 Å². The highest BCUT2D eigenvalue weighted by atomic mass is 19.1. The predicted molar refractivity (Wildman–Crippen MR) is 80.7 cm³/mol. The third-order valence-corrected chi connectivity index (χ3v) is 3.06. The number of carbonyl (C=O) groups is 1. The molecule has 0 aliphatic carbocycles. The van der Waals surface area contributed by atoms with Crippen LogP contribution in [0.4, 0.5) is 9.18 Å². The van der Waals surface area contributed by atoms with E-state index in [-0.39, 0.29) is 25.4 Å². The fourth-order valence-electron chi connectivity index (χ4n) is 1.98. The van der Waals surface area contributed by atoms with Gasteiger partial charge in [-0.2, -0.15) is 0 Å². The molecule has 2 rings (SSSR count). The van der Waals surface area contributed by atoms with E-state index >= 15 is 0 Å². The van der Waals surface area contributed by atoms with E-state index in [0.29, 0.717) is 5.56 Å². The highest BCUT2D eigenvalue weighted by Crippen LogP contribution is 2.06. The van der Waals surface area contributed by atoms with Gasteiger partial charge in [-0.25, -0.2) is 9.18 Å². The fourth-order valence-corrected chi connectivity index (χ4v) is 1.98. The number of aliphatic hydroxyl groups is 1. The summed E-state index contributed by atoms with van der Waals surface area (Å²) in [5, 5.41) is 12.3. The van der Waals surface area contributed by atoms with Crippen molar-refractivity contribution in [3.05, 3.63) is 71.5 Å². The van der Waals surface area contributed by atoms with Gasteiger partial charge in [0.05, 0.1) is 6.10 Å². The molecular formula is C17H18FNO3. The number of hydrogen-bond acceptors (Lipinski definition) is 3. The van der Waals surface area contributed by atoms with E-state index in [1.54, 1.807) is 12.1 Å². The molecule has 22 heavy (non-hydrogen) atoms. The number of ether oxygens (including phenoxy) is 1. The minimum Gasteiger partial charge on any atom is -0.445 e. The molecule has 0 bridgehead atoms. The zero-order chi connectivity index (χ0) is 15.8. The van der Waals surface area contributed by atoms with Crippen molar-refractivity contribution >= 4 is 6.09 Å². The summed E-state index contributed by atoms with van der Waals surface area (Å²) in [4.78, 5) is 11.5. The van der Waals surface area contributed by atoms with Crippen LogP contribution >= 0.6 is 0 Å². The Morgan fingerprint density at radius 1 is 1.14 bits per heavy atom. The summed E-state index contributed by atoms with van der Waals surface area (Å²) >= 11 is 0. The average Bonchev–Trinajstić information content (AvgIpc) is 2.52. The van der Waals surface area contributed by atoms with Crippen molar-refractivity contribution in [1.82, 2.24) is 5.32 Å². The van der Waals surface area contributed by atoms with Gasteiger partial charge >= 0.3 is 6.09 Å². The molecule has 2 aromatic carbocycles. The third-order valence-electron chi connectivity index (χ3n) is 3.06. The highest BCUT2D eigenvalue weighted by Gasteiger charge is 2.09. The first-order valence-electron chi connectivity index (χ1n) is 7.00. The summed E-state index contributed by atoms with van der Waals surface area (Å²) in [7, 11) is 0. The molecule has 1 unspecified atom stereocenters. The second-order valence-electron chi connectivity index (χ2n) is 4.93. The molecule has 0 heterocycles. The van der Waals surface area contributed by atoms with Crippen LogP contribution in [0.15, 0.2) is 54.6 Å². The Labute approximate surface area is 128 Å². The summed E-state index contributed by atoms with van der Waals surface area (Å²) in [5.74, 6) is -0.347. The highest BCUT2D eigenvalue weighted by molar-refractivity contribution is 5.67. The first kappa shape index (κ1) is 16.0. The van der Waals surface area contributed by atoms with Gasteiger partial charge in [0.15, 0.2) is 0 Å². The van der Waals surface area contributed by atoms with Crippen molar-refractivity contribution in [3.8, 4) is 0 Å². The Bertz CT molecular complexity index is 604. The summed E-state index contributed by atoms with van der Waals surface area (Å²) in [6, 6.07) is 15.3. The lowest BCUT2D eigenvalue weighted by molar-refractivity contribution is 0.125. The molecule has 1 atom stereocenters. The lowest BCUT2D eigenvalue weighted by Gasteiger charge is -2.12. The van der Waals surface area contributed by atoms with E-state index in [1.807, 2.05) is 30.3 Å². The van der Waals surface area contributed by atoms with E-state index in [9.17, 15) is 14.3 Å². The zero-order valence-corrected chi connectivity index (χ0v) is 12.0. The lowest BCUT2D eigenvalue weighted by atomic mass is 10.1. The molecule has 0 aliphatic heterocycles. The van der Waals surface area contributed by atoms with Crippen LogP contribution in [0, 0.1) is 5.82 Å². The second kappa shape index (κ2) is 8.14. The Morgan fingerprint density at radius 2 is 1.86 bits per heavy atom. The van der Waals surface area contributed by atoms with E-state index in [4.69, 9.17) is 4.74 Å². The Hall–Kier alpha value is -2.40. The largest absolute Gasteiger partial charge is 0.445 e. The Kier molecular flexibility index (Phi) is 5.91. The van der Waals surface area contributed by atoms with E-state index in [0.717, 1.165) is 5.56 Å². The van der Waals surface area contributed by atoms with Crippen molar-refractivity contribution < 1.29 is 19.0 Å². The SMILES string of the molecule is O=C(NCC(O)Cc1cccc(F)c1)OCc1ccccc1. The van der Waals surface area contributed by atoms with Crippen LogP contribution in [-0.4, -0.2) is 23.8 Å². The molecule has 0 fully saturated rings. The van der Waals surface area contributed by atoms with Gasteiger partial charge < -0.3 is 15.2 Å². The fraction of sp³-hybridized carbons (Fsp3) is 0.235. The lowest BCUT2D eigenvalue weighted by Crippen LogP contribution is -2.33. The number of nitrogens with one attached hydrogen (secondary N) is 1. The molecule has 1 amide bonds. The zero-order valence-electron chi connectivity index (χ0n) is 12.0. The number of hydrogen-bond donors (Lipinski definition) is 2. The summed E-state index contributed by atoms with van der Waals surface area (Å²) in [6.45, 7) is 0.219. The van der Waals surface area contributed by atoms with Gasteiger partial charge in [0.2, 0.25) is 0 Å². The van der Waals surface area contributed by atoms with Gasteiger partial charge in [0.25, 0.3) is 0 Å². The van der Waals surface area contributed by atoms with Crippen molar-refractivity contribution in [2.24, 2.45) is 0 Å². The number of amides is 1. The van der Waals surface area contributed by atoms with Crippen LogP contribution in [-0.2, 0) is 17.8 Å². The number of rotatable bonds is 6. The first-order chi connectivity index (χ1) is 10.6. The van der Waals surface area contributed by atoms with Gasteiger partial charge in [0.1, 0.15) is 12.4 Å². The minimum absolute atomic E-state index is 0.0458. The Balaban J connectivity index is 1.69. The molecular weight excluding hydrogens is 285 g/mol. The molecule has 0 saturated carbocycles.